The van der Waals surface area contributed by atoms with Crippen LogP contribution in [0.25, 0.3) is 0 Å². The zero-order chi connectivity index (χ0) is 16.8. The summed E-state index contributed by atoms with van der Waals surface area (Å²) in [6.07, 6.45) is 5.74. The number of halogens is 1. The number of hydrogen-bond donors (Lipinski definition) is 3. The number of rotatable bonds is 7. The zero-order valence-electron chi connectivity index (χ0n) is 15.0. The molecule has 2 amide bonds. The predicted molar refractivity (Wildman–Crippen MR) is 96.5 cm³/mol. The molecule has 4 N–H and O–H groups in total. The Morgan fingerprint density at radius 2 is 1.74 bits per heavy atom. The van der Waals surface area contributed by atoms with E-state index in [0.717, 1.165) is 25.7 Å². The molecule has 0 aromatic carbocycles. The highest BCUT2D eigenvalue weighted by Crippen LogP contribution is 2.23. The number of hydrogen-bond acceptors (Lipinski definition) is 3. The van der Waals surface area contributed by atoms with E-state index in [9.17, 15) is 9.59 Å². The molecule has 2 unspecified atom stereocenters. The number of carbonyl (C=O) groups excluding carboxylic acids is 2. The minimum Gasteiger partial charge on any atom is -0.353 e. The topological polar surface area (TPSA) is 84.2 Å². The van der Waals surface area contributed by atoms with Crippen molar-refractivity contribution in [1.82, 2.24) is 10.6 Å². The Bertz CT molecular complexity index is 384. The minimum absolute atomic E-state index is 0. The summed E-state index contributed by atoms with van der Waals surface area (Å²) in [6.45, 7) is 8.33. The molecule has 1 rings (SSSR count). The van der Waals surface area contributed by atoms with E-state index in [-0.39, 0.29) is 42.1 Å². The molecule has 5 nitrogen and oxygen atoms in total. The molecule has 0 bridgehead atoms. The van der Waals surface area contributed by atoms with Gasteiger partial charge in [0.15, 0.2) is 0 Å². The number of amides is 2. The van der Waals surface area contributed by atoms with Crippen LogP contribution < -0.4 is 16.4 Å². The first-order chi connectivity index (χ1) is 10.3. The van der Waals surface area contributed by atoms with Crippen molar-refractivity contribution < 1.29 is 9.59 Å². The first-order valence-electron chi connectivity index (χ1n) is 8.60. The van der Waals surface area contributed by atoms with Crippen LogP contribution in [0, 0.1) is 11.8 Å². The Morgan fingerprint density at radius 3 is 2.22 bits per heavy atom. The summed E-state index contributed by atoms with van der Waals surface area (Å²) in [5.74, 6) is 0.432. The van der Waals surface area contributed by atoms with Crippen LogP contribution in [0.15, 0.2) is 0 Å². The van der Waals surface area contributed by atoms with Gasteiger partial charge in [-0.3, -0.25) is 9.59 Å². The van der Waals surface area contributed by atoms with Crippen molar-refractivity contribution in [2.75, 3.05) is 6.54 Å². The van der Waals surface area contributed by atoms with Gasteiger partial charge in [0.05, 0.1) is 5.54 Å². The second-order valence-electron chi connectivity index (χ2n) is 7.27. The van der Waals surface area contributed by atoms with E-state index in [1.165, 1.54) is 6.42 Å². The van der Waals surface area contributed by atoms with Crippen molar-refractivity contribution in [3.63, 3.8) is 0 Å². The lowest BCUT2D eigenvalue weighted by molar-refractivity contribution is -0.127. The molecule has 0 aromatic rings. The van der Waals surface area contributed by atoms with E-state index in [1.807, 2.05) is 27.7 Å². The van der Waals surface area contributed by atoms with Crippen LogP contribution in [0.2, 0.25) is 0 Å². The van der Waals surface area contributed by atoms with Gasteiger partial charge < -0.3 is 16.4 Å². The Morgan fingerprint density at radius 1 is 1.17 bits per heavy atom. The van der Waals surface area contributed by atoms with Crippen LogP contribution in [-0.2, 0) is 9.59 Å². The van der Waals surface area contributed by atoms with Crippen LogP contribution in [0.5, 0.6) is 0 Å². The second-order valence-corrected chi connectivity index (χ2v) is 7.27. The quantitative estimate of drug-likeness (QED) is 0.661. The second kappa shape index (κ2) is 10.1. The number of nitrogens with two attached hydrogens (primary N) is 1. The van der Waals surface area contributed by atoms with Crippen LogP contribution in [0.3, 0.4) is 0 Å². The van der Waals surface area contributed by atoms with Gasteiger partial charge in [-0.1, -0.05) is 33.1 Å². The Kier molecular flexibility index (Phi) is 9.78. The monoisotopic (exact) mass is 347 g/mol. The van der Waals surface area contributed by atoms with Gasteiger partial charge in [-0.05, 0) is 32.6 Å². The van der Waals surface area contributed by atoms with Gasteiger partial charge in [-0.15, -0.1) is 12.4 Å². The van der Waals surface area contributed by atoms with E-state index in [1.54, 1.807) is 0 Å². The molecule has 0 saturated heterocycles. The highest BCUT2D eigenvalue weighted by atomic mass is 35.5. The molecule has 2 atom stereocenters. The fraction of sp³-hybridized carbons (Fsp3) is 0.882. The standard InChI is InChI=1S/C17H33N3O2.ClH/c1-12(2)17(4,11-18)20-15(21)10-13(3)19-16(22)14-8-6-5-7-9-14;/h12-14H,5-11,18H2,1-4H3,(H,19,22)(H,20,21);1H. The van der Waals surface area contributed by atoms with E-state index in [4.69, 9.17) is 5.73 Å². The third kappa shape index (κ3) is 7.08. The summed E-state index contributed by atoms with van der Waals surface area (Å²) in [5, 5.41) is 5.99. The van der Waals surface area contributed by atoms with Gasteiger partial charge in [0.1, 0.15) is 0 Å². The third-order valence-corrected chi connectivity index (χ3v) is 4.98. The zero-order valence-corrected chi connectivity index (χ0v) is 15.8. The minimum atomic E-state index is -0.399. The summed E-state index contributed by atoms with van der Waals surface area (Å²) in [5.41, 5.74) is 5.38. The third-order valence-electron chi connectivity index (χ3n) is 4.98. The lowest BCUT2D eigenvalue weighted by atomic mass is 9.88. The first-order valence-corrected chi connectivity index (χ1v) is 8.60. The molecular weight excluding hydrogens is 314 g/mol. The van der Waals surface area contributed by atoms with Crippen LogP contribution in [0.1, 0.15) is 66.2 Å². The summed E-state index contributed by atoms with van der Waals surface area (Å²) in [7, 11) is 0. The van der Waals surface area contributed by atoms with Crippen molar-refractivity contribution >= 4 is 24.2 Å². The average molecular weight is 348 g/mol. The Balaban J connectivity index is 0.00000484. The molecule has 1 aliphatic carbocycles. The van der Waals surface area contributed by atoms with Gasteiger partial charge in [-0.2, -0.15) is 0 Å². The molecule has 0 aromatic heterocycles. The molecule has 0 heterocycles. The van der Waals surface area contributed by atoms with Crippen molar-refractivity contribution in [3.05, 3.63) is 0 Å². The summed E-state index contributed by atoms with van der Waals surface area (Å²) >= 11 is 0. The van der Waals surface area contributed by atoms with E-state index < -0.39 is 5.54 Å². The summed E-state index contributed by atoms with van der Waals surface area (Å²) in [6, 6.07) is -0.149. The highest BCUT2D eigenvalue weighted by Gasteiger charge is 2.29. The lowest BCUT2D eigenvalue weighted by Gasteiger charge is -2.34. The summed E-state index contributed by atoms with van der Waals surface area (Å²) < 4.78 is 0. The Hall–Kier alpha value is -0.810. The number of carbonyl (C=O) groups is 2. The molecule has 136 valence electrons. The smallest absolute Gasteiger partial charge is 0.223 e. The lowest BCUT2D eigenvalue weighted by Crippen LogP contribution is -2.55. The maximum Gasteiger partial charge on any atom is 0.223 e. The molecule has 1 saturated carbocycles. The maximum absolute atomic E-state index is 12.2. The maximum atomic E-state index is 12.2. The van der Waals surface area contributed by atoms with E-state index >= 15 is 0 Å². The molecule has 1 aliphatic rings. The van der Waals surface area contributed by atoms with Crippen LogP contribution in [-0.4, -0.2) is 29.9 Å². The fourth-order valence-corrected chi connectivity index (χ4v) is 2.86. The first kappa shape index (κ1) is 22.2. The van der Waals surface area contributed by atoms with Crippen molar-refractivity contribution in [2.24, 2.45) is 17.6 Å². The molecule has 0 spiro atoms. The van der Waals surface area contributed by atoms with Crippen molar-refractivity contribution in [1.29, 1.82) is 0 Å². The molecule has 1 fully saturated rings. The molecule has 0 aliphatic heterocycles. The van der Waals surface area contributed by atoms with Gasteiger partial charge in [0.25, 0.3) is 0 Å². The molecule has 6 heteroatoms. The normalized spacial score (nSPS) is 19.4. The van der Waals surface area contributed by atoms with Crippen LogP contribution >= 0.6 is 12.4 Å². The largest absolute Gasteiger partial charge is 0.353 e. The predicted octanol–water partition coefficient (Wildman–Crippen LogP) is 2.37. The molecule has 23 heavy (non-hydrogen) atoms. The molecular formula is C17H34ClN3O2. The Labute approximate surface area is 146 Å². The van der Waals surface area contributed by atoms with Gasteiger partial charge in [0, 0.05) is 24.9 Å². The highest BCUT2D eigenvalue weighted by molar-refractivity contribution is 5.85. The van der Waals surface area contributed by atoms with Gasteiger partial charge in [0.2, 0.25) is 11.8 Å². The van der Waals surface area contributed by atoms with E-state index in [0.29, 0.717) is 13.0 Å². The SMILES string of the molecule is CC(CC(=O)NC(C)(CN)C(C)C)NC(=O)C1CCCCC1.Cl. The summed E-state index contributed by atoms with van der Waals surface area (Å²) in [4.78, 5) is 24.3. The average Bonchev–Trinajstić information content (AvgIpc) is 2.47. The van der Waals surface area contributed by atoms with Crippen LogP contribution in [0.4, 0.5) is 0 Å². The van der Waals surface area contributed by atoms with Crippen molar-refractivity contribution in [2.45, 2.75) is 77.8 Å². The fourth-order valence-electron chi connectivity index (χ4n) is 2.86. The van der Waals surface area contributed by atoms with Gasteiger partial charge >= 0.3 is 0 Å². The van der Waals surface area contributed by atoms with Gasteiger partial charge in [-0.25, -0.2) is 0 Å². The van der Waals surface area contributed by atoms with Crippen molar-refractivity contribution in [3.8, 4) is 0 Å². The molecule has 0 radical (unpaired) electrons. The number of nitrogens with one attached hydrogen (secondary N) is 2. The van der Waals surface area contributed by atoms with E-state index in [2.05, 4.69) is 10.6 Å².